The van der Waals surface area contributed by atoms with Crippen molar-refractivity contribution >= 4 is 21.6 Å². The molecule has 2 nitrogen and oxygen atoms in total. The van der Waals surface area contributed by atoms with E-state index in [9.17, 15) is 4.39 Å². The molecule has 0 bridgehead atoms. The molecule has 0 aliphatic heterocycles. The summed E-state index contributed by atoms with van der Waals surface area (Å²) in [6.07, 6.45) is 0.896. The quantitative estimate of drug-likeness (QED) is 0.836. The van der Waals surface area contributed by atoms with Gasteiger partial charge >= 0.3 is 0 Å². The summed E-state index contributed by atoms with van der Waals surface area (Å²) in [5, 5.41) is 8.76. The highest BCUT2D eigenvalue weighted by Gasteiger charge is 2.17. The monoisotopic (exact) mass is 270 g/mol. The number of nitrogens with two attached hydrogens (primary N) is 1. The zero-order valence-corrected chi connectivity index (χ0v) is 10.2. The Labute approximate surface area is 97.0 Å². The summed E-state index contributed by atoms with van der Waals surface area (Å²) in [7, 11) is 0. The summed E-state index contributed by atoms with van der Waals surface area (Å²) in [5.74, 6) is -0.365. The summed E-state index contributed by atoms with van der Waals surface area (Å²) >= 11 is 3.07. The van der Waals surface area contributed by atoms with E-state index in [4.69, 9.17) is 11.0 Å². The van der Waals surface area contributed by atoms with Crippen molar-refractivity contribution in [3.05, 3.63) is 27.5 Å². The Balaban J connectivity index is 3.43. The lowest BCUT2D eigenvalue weighted by Gasteiger charge is -2.14. The third-order valence-corrected chi connectivity index (χ3v) is 3.32. The summed E-state index contributed by atoms with van der Waals surface area (Å²) < 4.78 is 13.7. The van der Waals surface area contributed by atoms with Gasteiger partial charge in [0.1, 0.15) is 6.07 Å². The maximum absolute atomic E-state index is 13.5. The molecule has 0 saturated heterocycles. The van der Waals surface area contributed by atoms with E-state index >= 15 is 0 Å². The van der Waals surface area contributed by atoms with Gasteiger partial charge in [-0.1, -0.05) is 13.8 Å². The zero-order valence-electron chi connectivity index (χ0n) is 8.64. The number of hydrogen-bond acceptors (Lipinski definition) is 2. The molecule has 0 aliphatic rings. The molecule has 0 spiro atoms. The standard InChI is InChI=1S/C11H12BrFN2/c1-3-6(2)8-4-7(5-14)10(13)9(12)11(8)15/h4,6H,3,15H2,1-2H3. The van der Waals surface area contributed by atoms with E-state index in [-0.39, 0.29) is 16.0 Å². The molecular weight excluding hydrogens is 259 g/mol. The zero-order chi connectivity index (χ0) is 11.6. The van der Waals surface area contributed by atoms with Crippen LogP contribution in [0.3, 0.4) is 0 Å². The molecule has 0 radical (unpaired) electrons. The van der Waals surface area contributed by atoms with Crippen LogP contribution in [-0.2, 0) is 0 Å². The van der Waals surface area contributed by atoms with Crippen LogP contribution in [0.4, 0.5) is 10.1 Å². The van der Waals surface area contributed by atoms with Crippen LogP contribution in [-0.4, -0.2) is 0 Å². The van der Waals surface area contributed by atoms with Crippen molar-refractivity contribution in [3.8, 4) is 6.07 Å². The van der Waals surface area contributed by atoms with Crippen LogP contribution in [0, 0.1) is 17.1 Å². The maximum atomic E-state index is 13.5. The molecule has 4 heteroatoms. The summed E-state index contributed by atoms with van der Waals surface area (Å²) in [6.45, 7) is 4.02. The van der Waals surface area contributed by atoms with Gasteiger partial charge in [0.15, 0.2) is 5.82 Å². The van der Waals surface area contributed by atoms with E-state index in [0.717, 1.165) is 12.0 Å². The third-order valence-electron chi connectivity index (χ3n) is 2.54. The van der Waals surface area contributed by atoms with Gasteiger partial charge < -0.3 is 5.73 Å². The highest BCUT2D eigenvalue weighted by Crippen LogP contribution is 2.34. The number of anilines is 1. The van der Waals surface area contributed by atoms with Crippen molar-refractivity contribution in [2.45, 2.75) is 26.2 Å². The van der Waals surface area contributed by atoms with Crippen LogP contribution < -0.4 is 5.73 Å². The van der Waals surface area contributed by atoms with Crippen molar-refractivity contribution < 1.29 is 4.39 Å². The SMILES string of the molecule is CCC(C)c1cc(C#N)c(F)c(Br)c1N. The van der Waals surface area contributed by atoms with E-state index < -0.39 is 5.82 Å². The van der Waals surface area contributed by atoms with Gasteiger partial charge in [0.25, 0.3) is 0 Å². The molecule has 0 fully saturated rings. The lowest BCUT2D eigenvalue weighted by molar-refractivity contribution is 0.615. The minimum Gasteiger partial charge on any atom is -0.397 e. The Bertz CT molecular complexity index is 424. The van der Waals surface area contributed by atoms with Crippen molar-refractivity contribution in [1.82, 2.24) is 0 Å². The van der Waals surface area contributed by atoms with Crippen molar-refractivity contribution in [2.24, 2.45) is 0 Å². The first kappa shape index (κ1) is 12.0. The van der Waals surface area contributed by atoms with Gasteiger partial charge in [0, 0.05) is 0 Å². The number of nitriles is 1. The average molecular weight is 271 g/mol. The highest BCUT2D eigenvalue weighted by molar-refractivity contribution is 9.10. The number of rotatable bonds is 2. The first-order valence-corrected chi connectivity index (χ1v) is 5.49. The molecule has 1 aromatic carbocycles. The third kappa shape index (κ3) is 2.13. The maximum Gasteiger partial charge on any atom is 0.157 e. The number of benzene rings is 1. The van der Waals surface area contributed by atoms with Crippen LogP contribution in [0.2, 0.25) is 0 Å². The fourth-order valence-corrected chi connectivity index (χ4v) is 1.81. The smallest absolute Gasteiger partial charge is 0.157 e. The van der Waals surface area contributed by atoms with E-state index in [2.05, 4.69) is 15.9 Å². The Morgan fingerprint density at radius 2 is 2.27 bits per heavy atom. The topological polar surface area (TPSA) is 49.8 Å². The van der Waals surface area contributed by atoms with Crippen molar-refractivity contribution in [3.63, 3.8) is 0 Å². The van der Waals surface area contributed by atoms with Gasteiger partial charge in [0.05, 0.1) is 15.7 Å². The highest BCUT2D eigenvalue weighted by atomic mass is 79.9. The second kappa shape index (κ2) is 4.63. The van der Waals surface area contributed by atoms with Crippen molar-refractivity contribution in [2.75, 3.05) is 5.73 Å². The largest absolute Gasteiger partial charge is 0.397 e. The van der Waals surface area contributed by atoms with Gasteiger partial charge in [-0.3, -0.25) is 0 Å². The number of halogens is 2. The first-order chi connectivity index (χ1) is 7.02. The predicted molar refractivity (Wildman–Crippen MR) is 61.9 cm³/mol. The van der Waals surface area contributed by atoms with Gasteiger partial charge in [-0.15, -0.1) is 0 Å². The molecule has 1 unspecified atom stereocenters. The molecule has 80 valence electrons. The van der Waals surface area contributed by atoms with E-state index in [1.165, 1.54) is 6.07 Å². The fourth-order valence-electron chi connectivity index (χ4n) is 1.37. The normalized spacial score (nSPS) is 12.2. The van der Waals surface area contributed by atoms with Crippen LogP contribution in [0.25, 0.3) is 0 Å². The van der Waals surface area contributed by atoms with Gasteiger partial charge in [-0.2, -0.15) is 5.26 Å². The van der Waals surface area contributed by atoms with Crippen LogP contribution >= 0.6 is 15.9 Å². The lowest BCUT2D eigenvalue weighted by atomic mass is 9.95. The number of nitrogen functional groups attached to an aromatic ring is 1. The fraction of sp³-hybridized carbons (Fsp3) is 0.364. The molecule has 0 amide bonds. The predicted octanol–water partition coefficient (Wildman–Crippen LogP) is 3.56. The van der Waals surface area contributed by atoms with Crippen LogP contribution in [0.15, 0.2) is 10.5 Å². The minimum absolute atomic E-state index is 0.0337. The van der Waals surface area contributed by atoms with E-state index in [1.807, 2.05) is 19.9 Å². The number of nitrogens with zero attached hydrogens (tertiary/aromatic N) is 1. The molecule has 15 heavy (non-hydrogen) atoms. The molecule has 2 N–H and O–H groups in total. The second-order valence-corrected chi connectivity index (χ2v) is 4.27. The summed E-state index contributed by atoms with van der Waals surface area (Å²) in [6, 6.07) is 3.35. The Morgan fingerprint density at radius 3 is 2.73 bits per heavy atom. The average Bonchev–Trinajstić information content (AvgIpc) is 2.25. The molecule has 0 aromatic heterocycles. The van der Waals surface area contributed by atoms with Gasteiger partial charge in [0.2, 0.25) is 0 Å². The molecule has 1 atom stereocenters. The second-order valence-electron chi connectivity index (χ2n) is 3.48. The molecule has 0 heterocycles. The minimum atomic E-state index is -0.581. The molecule has 0 aliphatic carbocycles. The van der Waals surface area contributed by atoms with Crippen LogP contribution in [0.1, 0.15) is 37.3 Å². The van der Waals surface area contributed by atoms with E-state index in [0.29, 0.717) is 5.69 Å². The summed E-state index contributed by atoms with van der Waals surface area (Å²) in [5.41, 5.74) is 7.03. The summed E-state index contributed by atoms with van der Waals surface area (Å²) in [4.78, 5) is 0. The van der Waals surface area contributed by atoms with Gasteiger partial charge in [-0.05, 0) is 39.9 Å². The first-order valence-electron chi connectivity index (χ1n) is 4.70. The van der Waals surface area contributed by atoms with E-state index in [1.54, 1.807) is 0 Å². The molecule has 1 rings (SSSR count). The Hall–Kier alpha value is -1.08. The Kier molecular flexibility index (Phi) is 3.70. The van der Waals surface area contributed by atoms with Crippen LogP contribution in [0.5, 0.6) is 0 Å². The number of hydrogen-bond donors (Lipinski definition) is 1. The van der Waals surface area contributed by atoms with Crippen molar-refractivity contribution in [1.29, 1.82) is 5.26 Å². The molecular formula is C11H12BrFN2. The lowest BCUT2D eigenvalue weighted by Crippen LogP contribution is -2.03. The molecule has 0 saturated carbocycles. The molecule has 1 aromatic rings. The van der Waals surface area contributed by atoms with Gasteiger partial charge in [-0.25, -0.2) is 4.39 Å². The Morgan fingerprint density at radius 1 is 1.67 bits per heavy atom.